The number of nitrogens with two attached hydrogens (primary N) is 1. The van der Waals surface area contributed by atoms with Gasteiger partial charge in [0, 0.05) is 11.6 Å². The quantitative estimate of drug-likeness (QED) is 0.809. The first kappa shape index (κ1) is 14.8. The lowest BCUT2D eigenvalue weighted by Crippen LogP contribution is -2.19. The monoisotopic (exact) mass is 317 g/mol. The summed E-state index contributed by atoms with van der Waals surface area (Å²) < 4.78 is 0. The molecule has 0 aliphatic rings. The van der Waals surface area contributed by atoms with Crippen molar-refractivity contribution in [3.05, 3.63) is 28.8 Å². The molecule has 4 N–H and O–H groups in total. The largest absolute Gasteiger partial charge is 0.301 e. The van der Waals surface area contributed by atoms with Crippen LogP contribution in [0, 0.1) is 22.7 Å². The lowest BCUT2D eigenvalue weighted by atomic mass is 10.2. The van der Waals surface area contributed by atoms with E-state index in [9.17, 15) is 4.79 Å². The summed E-state index contributed by atoms with van der Waals surface area (Å²) in [7, 11) is 0. The van der Waals surface area contributed by atoms with E-state index in [-0.39, 0.29) is 28.6 Å². The van der Waals surface area contributed by atoms with Crippen LogP contribution in [-0.2, 0) is 4.79 Å². The number of nitrogens with zero attached hydrogens (tertiary/aromatic N) is 3. The number of hydrogen-bond donors (Lipinski definition) is 2. The fourth-order valence-corrected chi connectivity index (χ4v) is 2.75. The van der Waals surface area contributed by atoms with Crippen molar-refractivity contribution in [2.75, 3.05) is 16.8 Å². The summed E-state index contributed by atoms with van der Waals surface area (Å²) in [6.45, 7) is 0. The summed E-state index contributed by atoms with van der Waals surface area (Å²) in [5.74, 6) is 0.0188. The van der Waals surface area contributed by atoms with E-state index in [0.717, 1.165) is 11.8 Å². The minimum atomic E-state index is -0.241. The molecule has 0 saturated carbocycles. The molecule has 0 unspecified atom stereocenters. The lowest BCUT2D eigenvalue weighted by Gasteiger charge is -2.02. The zero-order valence-electron chi connectivity index (χ0n) is 10.6. The second-order valence-corrected chi connectivity index (χ2v) is 5.62. The van der Waals surface area contributed by atoms with Crippen molar-refractivity contribution in [3.8, 4) is 12.1 Å². The van der Waals surface area contributed by atoms with E-state index in [4.69, 9.17) is 16.3 Å². The Hall–Kier alpha value is -2.62. The number of nitrogen functional groups attached to an aromatic ring is 1. The number of carbonyl (C=O) groups is 1. The van der Waals surface area contributed by atoms with E-state index in [0.29, 0.717) is 10.2 Å². The molecule has 0 radical (unpaired) electrons. The maximum Gasteiger partial charge on any atom is 0.289 e. The average molecular weight is 317 g/mol. The van der Waals surface area contributed by atoms with Crippen LogP contribution in [0.4, 0.5) is 10.9 Å². The Kier molecular flexibility index (Phi) is 4.72. The zero-order chi connectivity index (χ0) is 15.2. The number of rotatable bonds is 4. The van der Waals surface area contributed by atoms with Crippen LogP contribution >= 0.6 is 23.1 Å². The second kappa shape index (κ2) is 6.70. The minimum absolute atomic E-state index is 0.0934. The van der Waals surface area contributed by atoms with Crippen LogP contribution in [0.5, 0.6) is 0 Å². The lowest BCUT2D eigenvalue weighted by molar-refractivity contribution is -0.410. The molecule has 0 aromatic carbocycles. The number of thioether (sulfide) groups is 1. The van der Waals surface area contributed by atoms with E-state index >= 15 is 0 Å². The standard InChI is InChI=1S/C12H8N6OS2/c13-4-7-3-8(5-14)11(18-10(7)15)21-6-9(19)17-12-16-1-2-20-12/h1-3H,6H2,(H2,15,18)(H,16,17,19)/p+1. The summed E-state index contributed by atoms with van der Waals surface area (Å²) in [5, 5.41) is 23.3. The van der Waals surface area contributed by atoms with Crippen LogP contribution in [-0.4, -0.2) is 16.6 Å². The number of amides is 1. The van der Waals surface area contributed by atoms with Gasteiger partial charge in [-0.25, -0.2) is 9.97 Å². The van der Waals surface area contributed by atoms with Gasteiger partial charge in [0.2, 0.25) is 5.91 Å². The zero-order valence-corrected chi connectivity index (χ0v) is 12.2. The highest BCUT2D eigenvalue weighted by molar-refractivity contribution is 7.99. The Bertz CT molecular complexity index is 744. The molecule has 0 aliphatic heterocycles. The number of H-pyrrole nitrogens is 1. The Labute approximate surface area is 128 Å². The number of thiazole rings is 1. The van der Waals surface area contributed by atoms with Gasteiger partial charge >= 0.3 is 0 Å². The first-order valence-corrected chi connectivity index (χ1v) is 7.48. The van der Waals surface area contributed by atoms with Crippen molar-refractivity contribution in [3.63, 3.8) is 0 Å². The van der Waals surface area contributed by atoms with Crippen molar-refractivity contribution in [1.82, 2.24) is 4.98 Å². The minimum Gasteiger partial charge on any atom is -0.301 e. The molecule has 9 heteroatoms. The van der Waals surface area contributed by atoms with Crippen molar-refractivity contribution in [1.29, 1.82) is 10.5 Å². The number of carbonyl (C=O) groups excluding carboxylic acids is 1. The second-order valence-electron chi connectivity index (χ2n) is 3.74. The summed E-state index contributed by atoms with van der Waals surface area (Å²) in [5.41, 5.74) is 6.13. The fraction of sp³-hybridized carbons (Fsp3) is 0.0833. The molecule has 104 valence electrons. The molecule has 21 heavy (non-hydrogen) atoms. The number of nitriles is 2. The fourth-order valence-electron chi connectivity index (χ4n) is 1.41. The van der Waals surface area contributed by atoms with Crippen LogP contribution in [0.2, 0.25) is 0 Å². The van der Waals surface area contributed by atoms with E-state index in [2.05, 4.69) is 15.3 Å². The van der Waals surface area contributed by atoms with Gasteiger partial charge in [-0.3, -0.25) is 10.5 Å². The average Bonchev–Trinajstić information content (AvgIpc) is 2.98. The summed E-state index contributed by atoms with van der Waals surface area (Å²) in [6.07, 6.45) is 1.59. The van der Waals surface area contributed by atoms with Gasteiger partial charge in [0.1, 0.15) is 23.3 Å². The molecule has 2 heterocycles. The van der Waals surface area contributed by atoms with Gasteiger partial charge in [-0.15, -0.1) is 11.3 Å². The summed E-state index contributed by atoms with van der Waals surface area (Å²) in [6, 6.07) is 5.25. The predicted molar refractivity (Wildman–Crippen MR) is 78.3 cm³/mol. The third-order valence-corrected chi connectivity index (χ3v) is 4.04. The predicted octanol–water partition coefficient (Wildman–Crippen LogP) is 1.01. The molecule has 2 aromatic rings. The SMILES string of the molecule is N#Cc1cc(C#N)c(SCC(=O)Nc2nccs2)[nH+]c1N. The number of aromatic amines is 1. The molecular formula is C12H9N6OS2+. The summed E-state index contributed by atoms with van der Waals surface area (Å²) in [4.78, 5) is 18.5. The van der Waals surface area contributed by atoms with Crippen LogP contribution in [0.15, 0.2) is 22.7 Å². The van der Waals surface area contributed by atoms with Crippen molar-refractivity contribution in [2.45, 2.75) is 5.03 Å². The molecule has 2 rings (SSSR count). The number of pyridine rings is 1. The van der Waals surface area contributed by atoms with Gasteiger partial charge in [0.15, 0.2) is 10.2 Å². The van der Waals surface area contributed by atoms with Crippen molar-refractivity contribution in [2.24, 2.45) is 0 Å². The van der Waals surface area contributed by atoms with Gasteiger partial charge < -0.3 is 5.32 Å². The number of hydrogen-bond acceptors (Lipinski definition) is 7. The van der Waals surface area contributed by atoms with Gasteiger partial charge in [0.05, 0.1) is 5.75 Å². The van der Waals surface area contributed by atoms with Crippen LogP contribution in [0.25, 0.3) is 0 Å². The van der Waals surface area contributed by atoms with Crippen molar-refractivity contribution < 1.29 is 9.78 Å². The maximum atomic E-state index is 11.7. The third-order valence-electron chi connectivity index (χ3n) is 2.34. The smallest absolute Gasteiger partial charge is 0.289 e. The Morgan fingerprint density at radius 3 is 2.86 bits per heavy atom. The topological polar surface area (TPSA) is 130 Å². The molecule has 0 saturated heterocycles. The number of aromatic nitrogens is 2. The molecule has 7 nitrogen and oxygen atoms in total. The van der Waals surface area contributed by atoms with E-state index in [1.165, 1.54) is 17.4 Å². The van der Waals surface area contributed by atoms with Crippen LogP contribution in [0.3, 0.4) is 0 Å². The molecule has 0 spiro atoms. The first-order chi connectivity index (χ1) is 10.1. The molecule has 0 bridgehead atoms. The number of nitrogens with one attached hydrogen (secondary N) is 2. The first-order valence-electron chi connectivity index (χ1n) is 5.62. The summed E-state index contributed by atoms with van der Waals surface area (Å²) >= 11 is 2.45. The Balaban J connectivity index is 2.06. The molecule has 0 fully saturated rings. The molecular weight excluding hydrogens is 308 g/mol. The number of anilines is 2. The molecule has 1 amide bonds. The maximum absolute atomic E-state index is 11.7. The molecule has 0 atom stereocenters. The van der Waals surface area contributed by atoms with Crippen molar-refractivity contribution >= 4 is 40.0 Å². The van der Waals surface area contributed by atoms with Crippen LogP contribution in [0.1, 0.15) is 11.1 Å². The molecule has 0 aliphatic carbocycles. The van der Waals surface area contributed by atoms with Gasteiger partial charge in [-0.2, -0.15) is 10.5 Å². The Morgan fingerprint density at radius 1 is 1.48 bits per heavy atom. The van der Waals surface area contributed by atoms with E-state index in [1.54, 1.807) is 11.6 Å². The van der Waals surface area contributed by atoms with Gasteiger partial charge in [0.25, 0.3) is 5.82 Å². The van der Waals surface area contributed by atoms with Crippen LogP contribution < -0.4 is 16.0 Å². The highest BCUT2D eigenvalue weighted by Gasteiger charge is 2.16. The van der Waals surface area contributed by atoms with E-state index < -0.39 is 0 Å². The third kappa shape index (κ3) is 3.69. The normalized spacial score (nSPS) is 9.62. The Morgan fingerprint density at radius 2 is 2.24 bits per heavy atom. The van der Waals surface area contributed by atoms with Gasteiger partial charge in [-0.1, -0.05) is 11.8 Å². The highest BCUT2D eigenvalue weighted by atomic mass is 32.2. The van der Waals surface area contributed by atoms with E-state index in [1.807, 2.05) is 12.1 Å². The van der Waals surface area contributed by atoms with Gasteiger partial charge in [-0.05, 0) is 6.07 Å². The molecule has 2 aromatic heterocycles. The highest BCUT2D eigenvalue weighted by Crippen LogP contribution is 2.20.